The maximum absolute atomic E-state index is 11.8. The van der Waals surface area contributed by atoms with Crippen LogP contribution in [0.15, 0.2) is 0 Å². The lowest BCUT2D eigenvalue weighted by Gasteiger charge is -2.31. The summed E-state index contributed by atoms with van der Waals surface area (Å²) in [5, 5.41) is 28.9. The molecular formula is C11H20N2O5. The fourth-order valence-corrected chi connectivity index (χ4v) is 1.95. The monoisotopic (exact) mass is 260 g/mol. The van der Waals surface area contributed by atoms with E-state index in [2.05, 4.69) is 5.32 Å². The molecule has 1 atom stereocenters. The summed E-state index contributed by atoms with van der Waals surface area (Å²) in [6.07, 6.45) is 1.44. The quantitative estimate of drug-likeness (QED) is 0.519. The van der Waals surface area contributed by atoms with Crippen LogP contribution in [0.25, 0.3) is 0 Å². The molecule has 1 fully saturated rings. The number of carboxylic acid groups (broad SMARTS) is 1. The van der Waals surface area contributed by atoms with Gasteiger partial charge in [0.2, 0.25) is 0 Å². The van der Waals surface area contributed by atoms with E-state index in [4.69, 9.17) is 15.3 Å². The van der Waals surface area contributed by atoms with Gasteiger partial charge in [0, 0.05) is 32.7 Å². The van der Waals surface area contributed by atoms with Crippen molar-refractivity contribution in [2.45, 2.75) is 25.3 Å². The second-order valence-corrected chi connectivity index (χ2v) is 4.47. The Morgan fingerprint density at radius 1 is 1.28 bits per heavy atom. The largest absolute Gasteiger partial charge is 0.480 e. The number of urea groups is 1. The second-order valence-electron chi connectivity index (χ2n) is 4.47. The summed E-state index contributed by atoms with van der Waals surface area (Å²) < 4.78 is 0. The average molecular weight is 260 g/mol. The standard InChI is InChI=1S/C11H20N2O5/c14-6-3-9(10(16)17)12-11(18)13-4-1-8(7-15)2-5-13/h8-9,14-15H,1-7H2,(H,12,18)(H,16,17)/t9-/m1/s1. The fourth-order valence-electron chi connectivity index (χ4n) is 1.95. The summed E-state index contributed by atoms with van der Waals surface area (Å²) in [4.78, 5) is 24.2. The number of nitrogens with one attached hydrogen (secondary N) is 1. The molecule has 104 valence electrons. The summed E-state index contributed by atoms with van der Waals surface area (Å²) in [7, 11) is 0. The predicted octanol–water partition coefficient (Wildman–Crippen LogP) is -0.764. The van der Waals surface area contributed by atoms with E-state index < -0.39 is 18.0 Å². The van der Waals surface area contributed by atoms with Crippen molar-refractivity contribution in [3.05, 3.63) is 0 Å². The number of aliphatic hydroxyl groups excluding tert-OH is 2. The molecule has 0 aromatic heterocycles. The Kier molecular flexibility index (Phi) is 5.87. The number of hydrogen-bond acceptors (Lipinski definition) is 4. The van der Waals surface area contributed by atoms with Crippen LogP contribution >= 0.6 is 0 Å². The summed E-state index contributed by atoms with van der Waals surface area (Å²) in [6, 6.07) is -1.48. The summed E-state index contributed by atoms with van der Waals surface area (Å²) in [6.45, 7) is 0.868. The summed E-state index contributed by atoms with van der Waals surface area (Å²) in [5.74, 6) is -0.926. The van der Waals surface area contributed by atoms with Crippen molar-refractivity contribution in [3.63, 3.8) is 0 Å². The highest BCUT2D eigenvalue weighted by Gasteiger charge is 2.26. The van der Waals surface area contributed by atoms with Crippen LogP contribution in [-0.2, 0) is 4.79 Å². The zero-order chi connectivity index (χ0) is 13.5. The third kappa shape index (κ3) is 4.15. The van der Waals surface area contributed by atoms with Gasteiger partial charge in [-0.1, -0.05) is 0 Å². The fraction of sp³-hybridized carbons (Fsp3) is 0.818. The van der Waals surface area contributed by atoms with Crippen molar-refractivity contribution >= 4 is 12.0 Å². The van der Waals surface area contributed by atoms with E-state index in [9.17, 15) is 9.59 Å². The first-order valence-electron chi connectivity index (χ1n) is 6.08. The molecule has 1 aliphatic heterocycles. The summed E-state index contributed by atoms with van der Waals surface area (Å²) in [5.41, 5.74) is 0. The van der Waals surface area contributed by atoms with E-state index in [1.807, 2.05) is 0 Å². The van der Waals surface area contributed by atoms with Gasteiger partial charge in [-0.2, -0.15) is 0 Å². The van der Waals surface area contributed by atoms with Crippen LogP contribution in [0.5, 0.6) is 0 Å². The van der Waals surface area contributed by atoms with Crippen molar-refractivity contribution in [2.24, 2.45) is 5.92 Å². The van der Waals surface area contributed by atoms with Crippen molar-refractivity contribution in [2.75, 3.05) is 26.3 Å². The minimum absolute atomic E-state index is 0.00578. The number of likely N-dealkylation sites (tertiary alicyclic amines) is 1. The first kappa shape index (κ1) is 14.7. The Morgan fingerprint density at radius 2 is 1.89 bits per heavy atom. The van der Waals surface area contributed by atoms with Gasteiger partial charge in [0.25, 0.3) is 0 Å². The topological polar surface area (TPSA) is 110 Å². The Bertz CT molecular complexity index is 289. The molecule has 0 bridgehead atoms. The highest BCUT2D eigenvalue weighted by molar-refractivity contribution is 5.82. The molecular weight excluding hydrogens is 240 g/mol. The molecule has 7 heteroatoms. The van der Waals surface area contributed by atoms with E-state index in [-0.39, 0.29) is 25.6 Å². The molecule has 0 aliphatic carbocycles. The number of carbonyl (C=O) groups excluding carboxylic acids is 1. The number of carbonyl (C=O) groups is 2. The number of aliphatic carboxylic acids is 1. The van der Waals surface area contributed by atoms with Gasteiger partial charge < -0.3 is 25.5 Å². The molecule has 1 aliphatic rings. The molecule has 0 spiro atoms. The molecule has 0 saturated carbocycles. The number of rotatable bonds is 5. The molecule has 4 N–H and O–H groups in total. The van der Waals surface area contributed by atoms with Gasteiger partial charge in [-0.15, -0.1) is 0 Å². The Morgan fingerprint density at radius 3 is 2.33 bits per heavy atom. The van der Waals surface area contributed by atoms with Crippen LogP contribution in [-0.4, -0.2) is 64.6 Å². The van der Waals surface area contributed by atoms with Gasteiger partial charge in [-0.3, -0.25) is 0 Å². The molecule has 1 heterocycles. The molecule has 0 aromatic carbocycles. The number of amides is 2. The number of piperidine rings is 1. The zero-order valence-electron chi connectivity index (χ0n) is 10.2. The first-order chi connectivity index (χ1) is 8.58. The molecule has 0 unspecified atom stereocenters. The van der Waals surface area contributed by atoms with Gasteiger partial charge >= 0.3 is 12.0 Å². The smallest absolute Gasteiger partial charge is 0.326 e. The zero-order valence-corrected chi connectivity index (χ0v) is 10.2. The SMILES string of the molecule is O=C(O)[C@@H](CCO)NC(=O)N1CCC(CO)CC1. The maximum atomic E-state index is 11.8. The van der Waals surface area contributed by atoms with Gasteiger partial charge in [-0.25, -0.2) is 9.59 Å². The lowest BCUT2D eigenvalue weighted by Crippen LogP contribution is -2.50. The van der Waals surface area contributed by atoms with Crippen molar-refractivity contribution < 1.29 is 24.9 Å². The molecule has 18 heavy (non-hydrogen) atoms. The molecule has 0 radical (unpaired) electrons. The van der Waals surface area contributed by atoms with Crippen molar-refractivity contribution in [1.82, 2.24) is 10.2 Å². The first-order valence-corrected chi connectivity index (χ1v) is 6.08. The van der Waals surface area contributed by atoms with E-state index in [0.29, 0.717) is 13.1 Å². The lowest BCUT2D eigenvalue weighted by molar-refractivity contribution is -0.139. The molecule has 2 amide bonds. The summed E-state index contributed by atoms with van der Waals surface area (Å²) >= 11 is 0. The predicted molar refractivity (Wildman–Crippen MR) is 63.0 cm³/mol. The van der Waals surface area contributed by atoms with E-state index in [0.717, 1.165) is 12.8 Å². The maximum Gasteiger partial charge on any atom is 0.326 e. The highest BCUT2D eigenvalue weighted by atomic mass is 16.4. The Hall–Kier alpha value is -1.34. The van der Waals surface area contributed by atoms with E-state index >= 15 is 0 Å². The van der Waals surface area contributed by atoms with Gasteiger partial charge in [0.15, 0.2) is 0 Å². The number of aliphatic hydroxyl groups is 2. The van der Waals surface area contributed by atoms with Crippen LogP contribution < -0.4 is 5.32 Å². The van der Waals surface area contributed by atoms with Crippen LogP contribution in [0.3, 0.4) is 0 Å². The minimum atomic E-state index is -1.15. The van der Waals surface area contributed by atoms with Gasteiger partial charge in [0.1, 0.15) is 6.04 Å². The Labute approximate surface area is 105 Å². The van der Waals surface area contributed by atoms with Gasteiger partial charge in [-0.05, 0) is 18.8 Å². The van der Waals surface area contributed by atoms with Crippen LogP contribution in [0.4, 0.5) is 4.79 Å². The molecule has 7 nitrogen and oxygen atoms in total. The highest BCUT2D eigenvalue weighted by Crippen LogP contribution is 2.16. The molecule has 1 saturated heterocycles. The number of carboxylic acids is 1. The number of hydrogen-bond donors (Lipinski definition) is 4. The molecule has 0 aromatic rings. The van der Waals surface area contributed by atoms with E-state index in [1.165, 1.54) is 0 Å². The van der Waals surface area contributed by atoms with Crippen LogP contribution in [0.1, 0.15) is 19.3 Å². The van der Waals surface area contributed by atoms with Crippen LogP contribution in [0.2, 0.25) is 0 Å². The number of nitrogens with zero attached hydrogens (tertiary/aromatic N) is 1. The minimum Gasteiger partial charge on any atom is -0.480 e. The average Bonchev–Trinajstić information content (AvgIpc) is 2.38. The third-order valence-corrected chi connectivity index (χ3v) is 3.17. The molecule has 1 rings (SSSR count). The Balaban J connectivity index is 2.42. The van der Waals surface area contributed by atoms with Crippen molar-refractivity contribution in [1.29, 1.82) is 0 Å². The van der Waals surface area contributed by atoms with Crippen molar-refractivity contribution in [3.8, 4) is 0 Å². The van der Waals surface area contributed by atoms with E-state index in [1.54, 1.807) is 4.90 Å². The third-order valence-electron chi connectivity index (χ3n) is 3.17. The normalized spacial score (nSPS) is 18.4. The lowest BCUT2D eigenvalue weighted by atomic mass is 9.98. The second kappa shape index (κ2) is 7.17. The van der Waals surface area contributed by atoms with Crippen LogP contribution in [0, 0.1) is 5.92 Å². The van der Waals surface area contributed by atoms with Gasteiger partial charge in [0.05, 0.1) is 0 Å².